The predicted octanol–water partition coefficient (Wildman–Crippen LogP) is 2.50. The van der Waals surface area contributed by atoms with E-state index in [9.17, 15) is 14.4 Å². The summed E-state index contributed by atoms with van der Waals surface area (Å²) in [5, 5.41) is 1.25. The van der Waals surface area contributed by atoms with Gasteiger partial charge in [0.15, 0.2) is 10.9 Å². The summed E-state index contributed by atoms with van der Waals surface area (Å²) in [6.45, 7) is 2.37. The lowest BCUT2D eigenvalue weighted by Crippen LogP contribution is -2.42. The molecule has 0 atom stereocenters. The van der Waals surface area contributed by atoms with Crippen molar-refractivity contribution in [2.75, 3.05) is 5.75 Å². The van der Waals surface area contributed by atoms with Crippen LogP contribution in [0.5, 0.6) is 0 Å². The second-order valence-electron chi connectivity index (χ2n) is 6.60. The largest absolute Gasteiger partial charge is 0.459 e. The number of carbonyl (C=O) groups is 2. The number of nitrogens with zero attached hydrogens (tertiary/aromatic N) is 2. The lowest BCUT2D eigenvalue weighted by Gasteiger charge is -2.12. The average Bonchev–Trinajstić information content (AvgIpc) is 3.38. The van der Waals surface area contributed by atoms with Gasteiger partial charge in [0.2, 0.25) is 5.91 Å². The molecule has 1 aliphatic carbocycles. The number of aromatic nitrogens is 2. The van der Waals surface area contributed by atoms with E-state index >= 15 is 0 Å². The van der Waals surface area contributed by atoms with Gasteiger partial charge in [0.25, 0.3) is 5.56 Å². The van der Waals surface area contributed by atoms with Crippen LogP contribution in [0.25, 0.3) is 10.2 Å². The molecule has 152 valence electrons. The molecular formula is C19H20N4O4S2. The number of furan rings is 1. The first kappa shape index (κ1) is 19.7. The maximum Gasteiger partial charge on any atom is 0.305 e. The zero-order valence-electron chi connectivity index (χ0n) is 15.8. The maximum atomic E-state index is 13.1. The molecule has 0 aromatic carbocycles. The SMILES string of the molecule is CCn1c(SCC(=O)NNC(=O)c2ccco2)nc2sc3c(c2c1=O)CCCC3. The minimum absolute atomic E-state index is 0.0153. The van der Waals surface area contributed by atoms with Crippen LogP contribution in [0.3, 0.4) is 0 Å². The Morgan fingerprint density at radius 1 is 1.31 bits per heavy atom. The van der Waals surface area contributed by atoms with E-state index in [1.807, 2.05) is 6.92 Å². The first-order chi connectivity index (χ1) is 14.1. The van der Waals surface area contributed by atoms with E-state index < -0.39 is 11.8 Å². The van der Waals surface area contributed by atoms with Crippen molar-refractivity contribution in [2.45, 2.75) is 44.3 Å². The van der Waals surface area contributed by atoms with Crippen LogP contribution in [0.1, 0.15) is 40.8 Å². The first-order valence-electron chi connectivity index (χ1n) is 9.39. The third-order valence-corrected chi connectivity index (χ3v) is 6.91. The van der Waals surface area contributed by atoms with Gasteiger partial charge in [-0.2, -0.15) is 0 Å². The molecule has 3 aromatic rings. The summed E-state index contributed by atoms with van der Waals surface area (Å²) < 4.78 is 6.57. The fourth-order valence-corrected chi connectivity index (χ4v) is 5.54. The highest BCUT2D eigenvalue weighted by molar-refractivity contribution is 7.99. The van der Waals surface area contributed by atoms with Crippen LogP contribution in [-0.2, 0) is 24.2 Å². The van der Waals surface area contributed by atoms with Crippen molar-refractivity contribution in [2.24, 2.45) is 0 Å². The van der Waals surface area contributed by atoms with Gasteiger partial charge in [-0.3, -0.25) is 29.8 Å². The summed E-state index contributed by atoms with van der Waals surface area (Å²) in [7, 11) is 0. The minimum Gasteiger partial charge on any atom is -0.459 e. The van der Waals surface area contributed by atoms with Crippen molar-refractivity contribution in [3.8, 4) is 0 Å². The number of hydrogen-bond donors (Lipinski definition) is 2. The normalized spacial score (nSPS) is 13.3. The van der Waals surface area contributed by atoms with Crippen molar-refractivity contribution >= 4 is 45.1 Å². The summed E-state index contributed by atoms with van der Waals surface area (Å²) in [5.41, 5.74) is 5.75. The molecule has 2 N–H and O–H groups in total. The first-order valence-corrected chi connectivity index (χ1v) is 11.2. The number of fused-ring (bicyclic) bond motifs is 3. The molecule has 0 spiro atoms. The van der Waals surface area contributed by atoms with Gasteiger partial charge in [-0.15, -0.1) is 11.3 Å². The molecule has 10 heteroatoms. The van der Waals surface area contributed by atoms with Crippen LogP contribution in [0.2, 0.25) is 0 Å². The number of hydrogen-bond acceptors (Lipinski definition) is 7. The molecule has 0 saturated carbocycles. The van der Waals surface area contributed by atoms with E-state index in [0.29, 0.717) is 11.7 Å². The molecule has 4 rings (SSSR count). The molecule has 0 radical (unpaired) electrons. The molecule has 0 aliphatic heterocycles. The molecule has 0 unspecified atom stereocenters. The average molecular weight is 433 g/mol. The Labute approximate surface area is 174 Å². The zero-order chi connectivity index (χ0) is 20.4. The number of thiophene rings is 1. The lowest BCUT2D eigenvalue weighted by molar-refractivity contribution is -0.119. The van der Waals surface area contributed by atoms with Gasteiger partial charge in [0, 0.05) is 11.4 Å². The smallest absolute Gasteiger partial charge is 0.305 e. The summed E-state index contributed by atoms with van der Waals surface area (Å²) in [6.07, 6.45) is 5.56. The Balaban J connectivity index is 1.48. The summed E-state index contributed by atoms with van der Waals surface area (Å²) in [4.78, 5) is 43.6. The molecule has 0 bridgehead atoms. The quantitative estimate of drug-likeness (QED) is 0.365. The second kappa shape index (κ2) is 8.42. The number of nitrogens with one attached hydrogen (secondary N) is 2. The number of carbonyl (C=O) groups excluding carboxylic acids is 2. The lowest BCUT2D eigenvalue weighted by atomic mass is 9.97. The van der Waals surface area contributed by atoms with Gasteiger partial charge in [0.05, 0.1) is 17.4 Å². The summed E-state index contributed by atoms with van der Waals surface area (Å²) >= 11 is 2.76. The zero-order valence-corrected chi connectivity index (χ0v) is 17.5. The Morgan fingerprint density at radius 3 is 2.90 bits per heavy atom. The minimum atomic E-state index is -0.539. The summed E-state index contributed by atoms with van der Waals surface area (Å²) in [6, 6.07) is 3.08. The van der Waals surface area contributed by atoms with Crippen molar-refractivity contribution in [1.29, 1.82) is 0 Å². The molecule has 0 fully saturated rings. The molecule has 0 saturated heterocycles. The van der Waals surface area contributed by atoms with Crippen molar-refractivity contribution in [3.05, 3.63) is 45.0 Å². The fraction of sp³-hybridized carbons (Fsp3) is 0.368. The number of hydrazine groups is 1. The Bertz CT molecular complexity index is 1120. The van der Waals surface area contributed by atoms with Crippen molar-refractivity contribution < 1.29 is 14.0 Å². The van der Waals surface area contributed by atoms with Crippen LogP contribution in [-0.4, -0.2) is 27.1 Å². The van der Waals surface area contributed by atoms with Crippen molar-refractivity contribution in [1.82, 2.24) is 20.4 Å². The van der Waals surface area contributed by atoms with E-state index in [4.69, 9.17) is 4.42 Å². The van der Waals surface area contributed by atoms with Crippen LogP contribution >= 0.6 is 23.1 Å². The van der Waals surface area contributed by atoms with E-state index in [1.165, 1.54) is 29.0 Å². The molecule has 3 aromatic heterocycles. The van der Waals surface area contributed by atoms with Gasteiger partial charge >= 0.3 is 5.91 Å². The molecule has 8 nitrogen and oxygen atoms in total. The second-order valence-corrected chi connectivity index (χ2v) is 8.63. The number of thioether (sulfide) groups is 1. The molecule has 3 heterocycles. The van der Waals surface area contributed by atoms with Crippen LogP contribution < -0.4 is 16.4 Å². The Kier molecular flexibility index (Phi) is 5.72. The third kappa shape index (κ3) is 3.95. The van der Waals surface area contributed by atoms with Gasteiger partial charge in [-0.05, 0) is 50.3 Å². The maximum absolute atomic E-state index is 13.1. The van der Waals surface area contributed by atoms with Gasteiger partial charge in [-0.25, -0.2) is 4.98 Å². The van der Waals surface area contributed by atoms with E-state index in [1.54, 1.807) is 22.0 Å². The predicted molar refractivity (Wildman–Crippen MR) is 111 cm³/mol. The van der Waals surface area contributed by atoms with Crippen LogP contribution in [0.15, 0.2) is 32.8 Å². The van der Waals surface area contributed by atoms with E-state index in [2.05, 4.69) is 15.8 Å². The van der Waals surface area contributed by atoms with Gasteiger partial charge in [0.1, 0.15) is 4.83 Å². The topological polar surface area (TPSA) is 106 Å². The number of rotatable bonds is 5. The number of aryl methyl sites for hydroxylation is 2. The highest BCUT2D eigenvalue weighted by atomic mass is 32.2. The van der Waals surface area contributed by atoms with Crippen LogP contribution in [0.4, 0.5) is 0 Å². The molecule has 2 amide bonds. The standard InChI is InChI=1S/C19H20N4O4S2/c1-2-23-18(26)15-11-6-3-4-8-13(11)29-17(15)20-19(23)28-10-14(24)21-22-16(25)12-7-5-9-27-12/h5,7,9H,2-4,6,8,10H2,1H3,(H,21,24)(H,22,25). The van der Waals surface area contributed by atoms with Gasteiger partial charge in [-0.1, -0.05) is 11.8 Å². The monoisotopic (exact) mass is 432 g/mol. The summed E-state index contributed by atoms with van der Waals surface area (Å²) in [5.74, 6) is -0.826. The van der Waals surface area contributed by atoms with Crippen LogP contribution in [0, 0.1) is 0 Å². The number of amides is 2. The highest BCUT2D eigenvalue weighted by Gasteiger charge is 2.22. The fourth-order valence-electron chi connectivity index (χ4n) is 3.37. The molecule has 1 aliphatic rings. The van der Waals surface area contributed by atoms with Crippen molar-refractivity contribution in [3.63, 3.8) is 0 Å². The van der Waals surface area contributed by atoms with E-state index in [0.717, 1.165) is 41.5 Å². The molecular weight excluding hydrogens is 412 g/mol. The van der Waals surface area contributed by atoms with Gasteiger partial charge < -0.3 is 4.42 Å². The van der Waals surface area contributed by atoms with E-state index in [-0.39, 0.29) is 17.1 Å². The Morgan fingerprint density at radius 2 is 2.14 bits per heavy atom. The third-order valence-electron chi connectivity index (χ3n) is 4.75. The Hall–Kier alpha value is -2.59. The highest BCUT2D eigenvalue weighted by Crippen LogP contribution is 2.34. The molecule has 29 heavy (non-hydrogen) atoms.